The van der Waals surface area contributed by atoms with Crippen LogP contribution in [0.4, 0.5) is 0 Å². The number of nitrogens with zero attached hydrogens (tertiary/aromatic N) is 5. The molecular formula is C33H35N5O5. The minimum atomic E-state index is -1.26. The lowest BCUT2D eigenvalue weighted by Gasteiger charge is -2.28. The molecule has 0 radical (unpaired) electrons. The van der Waals surface area contributed by atoms with E-state index in [-0.39, 0.29) is 0 Å². The molecule has 222 valence electrons. The fraction of sp³-hybridized carbons (Fsp3) is 0.273. The lowest BCUT2D eigenvalue weighted by Crippen LogP contribution is -2.31. The highest BCUT2D eigenvalue weighted by Gasteiger charge is 2.16. The van der Waals surface area contributed by atoms with Crippen LogP contribution < -0.4 is 0 Å². The van der Waals surface area contributed by atoms with Crippen LogP contribution in [0.3, 0.4) is 0 Å². The van der Waals surface area contributed by atoms with Crippen molar-refractivity contribution in [2.75, 3.05) is 19.7 Å². The van der Waals surface area contributed by atoms with Crippen LogP contribution in [-0.4, -0.2) is 66.0 Å². The van der Waals surface area contributed by atoms with E-state index < -0.39 is 11.9 Å². The highest BCUT2D eigenvalue weighted by atomic mass is 16.5. The first-order valence-electron chi connectivity index (χ1n) is 14.4. The molecule has 5 aromatic rings. The van der Waals surface area contributed by atoms with E-state index in [0.717, 1.165) is 74.3 Å². The van der Waals surface area contributed by atoms with Gasteiger partial charge in [-0.2, -0.15) is 10.2 Å². The van der Waals surface area contributed by atoms with E-state index in [9.17, 15) is 9.59 Å². The maximum absolute atomic E-state index is 9.55. The lowest BCUT2D eigenvalue weighted by atomic mass is 10.00. The Labute approximate surface area is 249 Å². The Morgan fingerprint density at radius 2 is 1.58 bits per heavy atom. The van der Waals surface area contributed by atoms with Gasteiger partial charge in [-0.3, -0.25) is 4.90 Å². The van der Waals surface area contributed by atoms with Crippen molar-refractivity contribution in [3.8, 4) is 0 Å². The Morgan fingerprint density at radius 1 is 0.860 bits per heavy atom. The van der Waals surface area contributed by atoms with Crippen molar-refractivity contribution in [1.29, 1.82) is 0 Å². The first-order chi connectivity index (χ1) is 21.0. The van der Waals surface area contributed by atoms with Gasteiger partial charge in [-0.15, -0.1) is 0 Å². The third-order valence-electron chi connectivity index (χ3n) is 7.33. The molecule has 10 nitrogen and oxygen atoms in total. The van der Waals surface area contributed by atoms with Gasteiger partial charge in [0.15, 0.2) is 0 Å². The molecule has 0 fully saturated rings. The Bertz CT molecular complexity index is 1670. The van der Waals surface area contributed by atoms with Gasteiger partial charge in [0, 0.05) is 56.2 Å². The molecule has 0 atom stereocenters. The SMILES string of the molecule is O=C(O)C=CC(=O)O.c1ccc2c(c1)CCN(CCCCOCc1nn3ccccc3c1Cc1cc3ccccn3n1)C2. The van der Waals surface area contributed by atoms with Gasteiger partial charge in [0.2, 0.25) is 0 Å². The second-order valence-electron chi connectivity index (χ2n) is 10.4. The monoisotopic (exact) mass is 581 g/mol. The Kier molecular flexibility index (Phi) is 9.94. The van der Waals surface area contributed by atoms with Gasteiger partial charge >= 0.3 is 11.9 Å². The molecule has 5 heterocycles. The molecule has 0 saturated heterocycles. The molecule has 1 aliphatic rings. The number of benzene rings is 1. The Balaban J connectivity index is 0.000000407. The van der Waals surface area contributed by atoms with Gasteiger partial charge in [-0.05, 0) is 67.3 Å². The average Bonchev–Trinajstić information content (AvgIpc) is 3.59. The maximum Gasteiger partial charge on any atom is 0.328 e. The molecule has 0 amide bonds. The molecule has 2 N–H and O–H groups in total. The summed E-state index contributed by atoms with van der Waals surface area (Å²) < 4.78 is 10.00. The molecule has 0 spiro atoms. The Hall–Kier alpha value is -4.80. The zero-order valence-electron chi connectivity index (χ0n) is 23.9. The first kappa shape index (κ1) is 29.7. The standard InChI is InChI=1S/C29H31N5O.C4H4O4/c1-2-10-24-21-32(17-13-23(24)9-1)14-7-8-18-35-22-28-27(29-12-4-6-16-34(29)31-28)20-25-19-26-11-3-5-15-33(26)30-25;5-3(6)1-2-4(7)8/h1-6,9-12,15-16,19H,7-8,13-14,17-18,20-22H2;1-2H,(H,5,6)(H,7,8). The quantitative estimate of drug-likeness (QED) is 0.171. The van der Waals surface area contributed by atoms with Crippen molar-refractivity contribution >= 4 is 23.0 Å². The van der Waals surface area contributed by atoms with Crippen LogP contribution in [0.25, 0.3) is 11.0 Å². The van der Waals surface area contributed by atoms with Crippen molar-refractivity contribution in [1.82, 2.24) is 24.1 Å². The van der Waals surface area contributed by atoms with Gasteiger partial charge in [0.05, 0.1) is 29.0 Å². The fourth-order valence-electron chi connectivity index (χ4n) is 5.26. The van der Waals surface area contributed by atoms with Crippen LogP contribution in [0, 0.1) is 0 Å². The smallest absolute Gasteiger partial charge is 0.328 e. The molecule has 0 unspecified atom stereocenters. The predicted molar refractivity (Wildman–Crippen MR) is 162 cm³/mol. The van der Waals surface area contributed by atoms with Gasteiger partial charge in [-0.25, -0.2) is 18.6 Å². The van der Waals surface area contributed by atoms with Gasteiger partial charge in [-0.1, -0.05) is 36.4 Å². The van der Waals surface area contributed by atoms with Crippen LogP contribution in [0.5, 0.6) is 0 Å². The van der Waals surface area contributed by atoms with Crippen LogP contribution in [0.1, 0.15) is 40.9 Å². The highest BCUT2D eigenvalue weighted by Crippen LogP contribution is 2.22. The number of aliphatic carboxylic acids is 2. The zero-order chi connectivity index (χ0) is 30.0. The van der Waals surface area contributed by atoms with E-state index in [1.165, 1.54) is 16.7 Å². The van der Waals surface area contributed by atoms with Crippen molar-refractivity contribution < 1.29 is 24.5 Å². The number of aromatic nitrogens is 4. The van der Waals surface area contributed by atoms with Crippen LogP contribution in [-0.2, 0) is 40.3 Å². The molecule has 43 heavy (non-hydrogen) atoms. The number of fused-ring (bicyclic) bond motifs is 3. The van der Waals surface area contributed by atoms with Crippen molar-refractivity contribution in [2.24, 2.45) is 0 Å². The maximum atomic E-state index is 9.55. The summed E-state index contributed by atoms with van der Waals surface area (Å²) in [5.74, 6) is -2.51. The number of hydrogen-bond donors (Lipinski definition) is 2. The zero-order valence-corrected chi connectivity index (χ0v) is 23.9. The normalized spacial score (nSPS) is 13.2. The fourth-order valence-corrected chi connectivity index (χ4v) is 5.26. The molecule has 1 aliphatic heterocycles. The van der Waals surface area contributed by atoms with E-state index in [2.05, 4.69) is 53.4 Å². The number of hydrogen-bond acceptors (Lipinski definition) is 6. The minimum Gasteiger partial charge on any atom is -0.478 e. The summed E-state index contributed by atoms with van der Waals surface area (Å²) in [6.45, 7) is 4.65. The van der Waals surface area contributed by atoms with E-state index in [1.54, 1.807) is 0 Å². The second-order valence-corrected chi connectivity index (χ2v) is 10.4. The van der Waals surface area contributed by atoms with E-state index in [4.69, 9.17) is 25.1 Å². The van der Waals surface area contributed by atoms with Crippen molar-refractivity contribution in [2.45, 2.75) is 38.8 Å². The third-order valence-corrected chi connectivity index (χ3v) is 7.33. The summed E-state index contributed by atoms with van der Waals surface area (Å²) in [6, 6.07) is 23.3. The largest absolute Gasteiger partial charge is 0.478 e. The summed E-state index contributed by atoms with van der Waals surface area (Å²) >= 11 is 0. The summed E-state index contributed by atoms with van der Waals surface area (Å²) in [4.78, 5) is 21.7. The van der Waals surface area contributed by atoms with Gasteiger partial charge < -0.3 is 14.9 Å². The number of pyridine rings is 2. The summed E-state index contributed by atoms with van der Waals surface area (Å²) in [7, 11) is 0. The van der Waals surface area contributed by atoms with E-state index in [1.807, 2.05) is 39.6 Å². The van der Waals surface area contributed by atoms with E-state index in [0.29, 0.717) is 18.8 Å². The molecule has 0 aliphatic carbocycles. The van der Waals surface area contributed by atoms with Crippen molar-refractivity contribution in [3.05, 3.63) is 119 Å². The number of unbranched alkanes of at least 4 members (excludes halogenated alkanes) is 1. The topological polar surface area (TPSA) is 122 Å². The number of ether oxygens (including phenoxy) is 1. The number of carboxylic acid groups (broad SMARTS) is 2. The molecule has 4 aromatic heterocycles. The Morgan fingerprint density at radius 3 is 2.35 bits per heavy atom. The van der Waals surface area contributed by atoms with Crippen LogP contribution >= 0.6 is 0 Å². The number of rotatable bonds is 11. The average molecular weight is 582 g/mol. The number of carbonyl (C=O) groups is 2. The van der Waals surface area contributed by atoms with Gasteiger partial charge in [0.1, 0.15) is 0 Å². The minimum absolute atomic E-state index is 0.529. The van der Waals surface area contributed by atoms with E-state index >= 15 is 0 Å². The van der Waals surface area contributed by atoms with Crippen molar-refractivity contribution in [3.63, 3.8) is 0 Å². The predicted octanol–water partition coefficient (Wildman–Crippen LogP) is 4.64. The van der Waals surface area contributed by atoms with Crippen LogP contribution in [0.2, 0.25) is 0 Å². The third kappa shape index (κ3) is 8.15. The molecule has 0 saturated carbocycles. The molecule has 1 aromatic carbocycles. The highest BCUT2D eigenvalue weighted by molar-refractivity contribution is 5.89. The molecule has 6 rings (SSSR count). The lowest BCUT2D eigenvalue weighted by molar-refractivity contribution is -0.134. The molecular weight excluding hydrogens is 546 g/mol. The summed E-state index contributed by atoms with van der Waals surface area (Å²) in [6.07, 6.45) is 9.23. The summed E-state index contributed by atoms with van der Waals surface area (Å²) in [5, 5.41) is 25.2. The molecule has 0 bridgehead atoms. The second kappa shape index (κ2) is 14.4. The summed E-state index contributed by atoms with van der Waals surface area (Å²) in [5.41, 5.74) is 8.46. The molecule has 10 heteroatoms. The van der Waals surface area contributed by atoms with Gasteiger partial charge in [0.25, 0.3) is 0 Å². The first-order valence-corrected chi connectivity index (χ1v) is 14.4. The number of carboxylic acids is 2. The van der Waals surface area contributed by atoms with Crippen LogP contribution in [0.15, 0.2) is 91.3 Å².